The van der Waals surface area contributed by atoms with Crippen LogP contribution in [0.2, 0.25) is 0 Å². The Morgan fingerprint density at radius 1 is 1.00 bits per heavy atom. The summed E-state index contributed by atoms with van der Waals surface area (Å²) in [5.41, 5.74) is 4.43. The quantitative estimate of drug-likeness (QED) is 0.229. The van der Waals surface area contributed by atoms with Gasteiger partial charge in [-0.25, -0.2) is 5.01 Å². The molecule has 0 saturated carbocycles. The van der Waals surface area contributed by atoms with Crippen LogP contribution in [0.4, 0.5) is 0 Å². The number of hydrazone groups is 1. The summed E-state index contributed by atoms with van der Waals surface area (Å²) in [7, 11) is 4.86. The van der Waals surface area contributed by atoms with Crippen LogP contribution in [0, 0.1) is 6.92 Å². The average molecular weight is 664 g/mol. The highest BCUT2D eigenvalue weighted by molar-refractivity contribution is 9.10. The molecule has 1 unspecified atom stereocenters. The van der Waals surface area contributed by atoms with E-state index in [4.69, 9.17) is 14.6 Å². The molecule has 1 aliphatic heterocycles. The number of amides is 2. The van der Waals surface area contributed by atoms with E-state index >= 15 is 0 Å². The monoisotopic (exact) mass is 662 g/mol. The highest BCUT2D eigenvalue weighted by Crippen LogP contribution is 2.34. The van der Waals surface area contributed by atoms with Gasteiger partial charge in [0.25, 0.3) is 11.8 Å². The molecule has 1 aromatic heterocycles. The second-order valence-electron chi connectivity index (χ2n) is 9.95. The molecular weight excluding hydrogens is 632 g/mol. The van der Waals surface area contributed by atoms with Gasteiger partial charge in [0.2, 0.25) is 0 Å². The van der Waals surface area contributed by atoms with E-state index in [-0.39, 0.29) is 30.2 Å². The summed E-state index contributed by atoms with van der Waals surface area (Å²) in [4.78, 5) is 26.3. The maximum Gasteiger partial charge on any atom is 0.253 e. The molecule has 4 aromatic rings. The summed E-state index contributed by atoms with van der Waals surface area (Å²) in [5, 5.41) is 18.3. The number of hydrogen-bond acceptors (Lipinski definition) is 8. The third-order valence-corrected chi connectivity index (χ3v) is 8.61. The molecule has 0 bridgehead atoms. The first-order chi connectivity index (χ1) is 20.7. The molecule has 2 amide bonds. The van der Waals surface area contributed by atoms with E-state index in [0.717, 1.165) is 26.9 Å². The van der Waals surface area contributed by atoms with Gasteiger partial charge in [0, 0.05) is 29.6 Å². The van der Waals surface area contributed by atoms with Crippen LogP contribution in [0.15, 0.2) is 81.5 Å². The predicted octanol–water partition coefficient (Wildman–Crippen LogP) is 5.30. The number of methoxy groups -OCH3 is 2. The average Bonchev–Trinajstić information content (AvgIpc) is 3.62. The van der Waals surface area contributed by atoms with E-state index in [2.05, 4.69) is 55.7 Å². The van der Waals surface area contributed by atoms with Crippen LogP contribution in [0.3, 0.4) is 0 Å². The van der Waals surface area contributed by atoms with Crippen molar-refractivity contribution in [2.75, 3.05) is 20.0 Å². The Morgan fingerprint density at radius 2 is 1.67 bits per heavy atom. The molecule has 222 valence electrons. The van der Waals surface area contributed by atoms with Crippen molar-refractivity contribution >= 4 is 45.2 Å². The van der Waals surface area contributed by atoms with Crippen LogP contribution >= 0.6 is 27.7 Å². The Labute approximate surface area is 262 Å². The van der Waals surface area contributed by atoms with Crippen molar-refractivity contribution in [3.05, 3.63) is 99.3 Å². The zero-order valence-corrected chi connectivity index (χ0v) is 26.6. The molecule has 0 aliphatic carbocycles. The Kier molecular flexibility index (Phi) is 9.46. The van der Waals surface area contributed by atoms with Crippen LogP contribution in [0.25, 0.3) is 0 Å². The Morgan fingerprint density at radius 3 is 2.33 bits per heavy atom. The van der Waals surface area contributed by atoms with Crippen LogP contribution in [0.1, 0.15) is 45.3 Å². The first kappa shape index (κ1) is 30.3. The molecule has 1 atom stereocenters. The van der Waals surface area contributed by atoms with Crippen molar-refractivity contribution in [1.82, 2.24) is 25.1 Å². The highest BCUT2D eigenvalue weighted by Gasteiger charge is 2.33. The Balaban J connectivity index is 1.26. The second-order valence-corrected chi connectivity index (χ2v) is 11.8. The largest absolute Gasteiger partial charge is 0.497 e. The Bertz CT molecular complexity index is 1630. The van der Waals surface area contributed by atoms with E-state index in [9.17, 15) is 9.59 Å². The fourth-order valence-corrected chi connectivity index (χ4v) is 5.67. The number of thioether (sulfide) groups is 1. The van der Waals surface area contributed by atoms with E-state index in [1.807, 2.05) is 31.2 Å². The molecule has 3 aromatic carbocycles. The minimum Gasteiger partial charge on any atom is -0.497 e. The summed E-state index contributed by atoms with van der Waals surface area (Å²) >= 11 is 4.76. The van der Waals surface area contributed by atoms with E-state index in [0.29, 0.717) is 34.5 Å². The van der Waals surface area contributed by atoms with Gasteiger partial charge in [0.1, 0.15) is 11.5 Å². The molecule has 12 heteroatoms. The second kappa shape index (κ2) is 13.4. The molecule has 10 nitrogen and oxygen atoms in total. The van der Waals surface area contributed by atoms with Crippen LogP contribution in [-0.4, -0.2) is 57.3 Å². The SMILES string of the molecule is COc1cc(OC)cc(C(=O)NCc2nnc(SCC(=O)N3N=C(c4ccc(Br)cc4)CC3c3ccc(C)cc3)n2C)c1. The normalized spacial score (nSPS) is 14.4. The molecule has 1 aliphatic rings. The number of rotatable bonds is 10. The summed E-state index contributed by atoms with van der Waals surface area (Å²) in [6.45, 7) is 2.19. The van der Waals surface area contributed by atoms with Gasteiger partial charge in [-0.15, -0.1) is 10.2 Å². The fraction of sp³-hybridized carbons (Fsp3) is 0.258. The minimum atomic E-state index is -0.305. The number of aromatic nitrogens is 3. The molecule has 2 heterocycles. The summed E-state index contributed by atoms with van der Waals surface area (Å²) in [6, 6.07) is 20.9. The number of carbonyl (C=O) groups excluding carboxylic acids is 2. The first-order valence-corrected chi connectivity index (χ1v) is 15.3. The third kappa shape index (κ3) is 7.08. The first-order valence-electron chi connectivity index (χ1n) is 13.5. The molecular formula is C31H31BrN6O4S. The lowest BCUT2D eigenvalue weighted by Gasteiger charge is -2.22. The molecule has 5 rings (SSSR count). The lowest BCUT2D eigenvalue weighted by Crippen LogP contribution is -2.28. The van der Waals surface area contributed by atoms with Crippen LogP contribution in [-0.2, 0) is 18.4 Å². The number of carbonyl (C=O) groups is 2. The molecule has 0 radical (unpaired) electrons. The van der Waals surface area contributed by atoms with Crippen molar-refractivity contribution in [2.45, 2.75) is 31.1 Å². The van der Waals surface area contributed by atoms with Crippen LogP contribution < -0.4 is 14.8 Å². The zero-order chi connectivity index (χ0) is 30.5. The van der Waals surface area contributed by atoms with E-state index in [1.54, 1.807) is 34.8 Å². The number of nitrogens with one attached hydrogen (secondary N) is 1. The van der Waals surface area contributed by atoms with E-state index < -0.39 is 0 Å². The molecule has 0 fully saturated rings. The van der Waals surface area contributed by atoms with Gasteiger partial charge in [0.15, 0.2) is 11.0 Å². The van der Waals surface area contributed by atoms with Crippen molar-refractivity contribution in [2.24, 2.45) is 12.1 Å². The van der Waals surface area contributed by atoms with Crippen LogP contribution in [0.5, 0.6) is 11.5 Å². The molecule has 0 spiro atoms. The van der Waals surface area contributed by atoms with Crippen molar-refractivity contribution in [3.63, 3.8) is 0 Å². The third-order valence-electron chi connectivity index (χ3n) is 7.08. The molecule has 0 saturated heterocycles. The Hall–Kier alpha value is -4.16. The number of hydrogen-bond donors (Lipinski definition) is 1. The lowest BCUT2D eigenvalue weighted by molar-refractivity contribution is -0.130. The maximum absolute atomic E-state index is 13.6. The summed E-state index contributed by atoms with van der Waals surface area (Å²) in [5.74, 6) is 1.27. The van der Waals surface area contributed by atoms with Gasteiger partial charge >= 0.3 is 0 Å². The van der Waals surface area contributed by atoms with Gasteiger partial charge in [-0.2, -0.15) is 5.10 Å². The number of nitrogens with zero attached hydrogens (tertiary/aromatic N) is 5. The van der Waals surface area contributed by atoms with Gasteiger partial charge in [-0.3, -0.25) is 9.59 Å². The van der Waals surface area contributed by atoms with E-state index in [1.165, 1.54) is 26.0 Å². The summed E-state index contributed by atoms with van der Waals surface area (Å²) < 4.78 is 13.3. The van der Waals surface area contributed by atoms with Crippen molar-refractivity contribution < 1.29 is 19.1 Å². The zero-order valence-electron chi connectivity index (χ0n) is 24.2. The summed E-state index contributed by atoms with van der Waals surface area (Å²) in [6.07, 6.45) is 0.619. The smallest absolute Gasteiger partial charge is 0.253 e. The highest BCUT2D eigenvalue weighted by atomic mass is 79.9. The van der Waals surface area contributed by atoms with Gasteiger partial charge < -0.3 is 19.4 Å². The molecule has 1 N–H and O–H groups in total. The van der Waals surface area contributed by atoms with Gasteiger partial charge in [-0.1, -0.05) is 69.7 Å². The lowest BCUT2D eigenvalue weighted by atomic mass is 9.98. The predicted molar refractivity (Wildman–Crippen MR) is 169 cm³/mol. The minimum absolute atomic E-state index is 0.126. The fourth-order valence-electron chi connectivity index (χ4n) is 4.62. The number of ether oxygens (including phenoxy) is 2. The van der Waals surface area contributed by atoms with Crippen molar-refractivity contribution in [1.29, 1.82) is 0 Å². The number of benzene rings is 3. The maximum atomic E-state index is 13.6. The topological polar surface area (TPSA) is 111 Å². The van der Waals surface area contributed by atoms with Gasteiger partial charge in [-0.05, 0) is 42.3 Å². The number of halogens is 1. The standard InChI is InChI=1S/C31H31BrN6O4S/c1-19-5-7-21(8-6-19)27-16-26(20-9-11-23(32)12-10-20)36-38(27)29(39)18-43-31-35-34-28(37(31)2)17-33-30(40)22-13-24(41-3)15-25(14-22)42-4/h5-15,27H,16-18H2,1-4H3,(H,33,40). The van der Waals surface area contributed by atoms with Gasteiger partial charge in [0.05, 0.1) is 38.3 Å². The molecule has 43 heavy (non-hydrogen) atoms. The number of aryl methyl sites for hydroxylation is 1. The van der Waals surface area contributed by atoms with Crippen molar-refractivity contribution in [3.8, 4) is 11.5 Å².